The average Bonchev–Trinajstić information content (AvgIpc) is 3.17. The molecule has 1 heterocycles. The van der Waals surface area contributed by atoms with Gasteiger partial charge in [0, 0.05) is 23.5 Å². The lowest BCUT2D eigenvalue weighted by Crippen LogP contribution is -2.12. The molecular formula is C20H20N4O5S2. The van der Waals surface area contributed by atoms with Gasteiger partial charge in [0.1, 0.15) is 5.01 Å². The van der Waals surface area contributed by atoms with Crippen LogP contribution in [-0.4, -0.2) is 38.6 Å². The van der Waals surface area contributed by atoms with E-state index in [-0.39, 0.29) is 15.8 Å². The average molecular weight is 461 g/mol. The van der Waals surface area contributed by atoms with Crippen LogP contribution in [0.2, 0.25) is 0 Å². The Morgan fingerprint density at radius 2 is 1.74 bits per heavy atom. The molecule has 0 radical (unpaired) electrons. The van der Waals surface area contributed by atoms with Crippen molar-refractivity contribution in [1.29, 1.82) is 0 Å². The summed E-state index contributed by atoms with van der Waals surface area (Å²) >= 11 is 1.15. The molecule has 3 rings (SSSR count). The molecule has 2 aromatic carbocycles. The molecule has 0 aliphatic rings. The lowest BCUT2D eigenvalue weighted by Gasteiger charge is -2.08. The van der Waals surface area contributed by atoms with Crippen molar-refractivity contribution in [3.05, 3.63) is 65.3 Å². The molecule has 0 aliphatic carbocycles. The maximum absolute atomic E-state index is 12.4. The lowest BCUT2D eigenvalue weighted by molar-refractivity contribution is 0.104. The van der Waals surface area contributed by atoms with E-state index in [1.807, 2.05) is 0 Å². The van der Waals surface area contributed by atoms with Gasteiger partial charge in [-0.1, -0.05) is 11.3 Å². The van der Waals surface area contributed by atoms with Crippen LogP contribution in [-0.2, 0) is 10.0 Å². The van der Waals surface area contributed by atoms with E-state index in [1.165, 1.54) is 38.6 Å². The second kappa shape index (κ2) is 9.58. The van der Waals surface area contributed by atoms with Crippen molar-refractivity contribution in [2.24, 2.45) is 0 Å². The number of ether oxygens (including phenoxy) is 2. The number of carbonyl (C=O) groups excluding carboxylic acids is 1. The Morgan fingerprint density at radius 3 is 2.35 bits per heavy atom. The first kappa shape index (κ1) is 22.2. The first-order valence-corrected chi connectivity index (χ1v) is 11.2. The van der Waals surface area contributed by atoms with Crippen molar-refractivity contribution < 1.29 is 22.7 Å². The second-order valence-electron chi connectivity index (χ2n) is 6.17. The number of ketones is 1. The molecule has 0 bridgehead atoms. The first-order chi connectivity index (χ1) is 14.8. The third-order valence-corrected chi connectivity index (χ3v) is 6.30. The molecule has 0 aliphatic heterocycles. The fourth-order valence-electron chi connectivity index (χ4n) is 2.54. The Hall–Kier alpha value is -3.44. The summed E-state index contributed by atoms with van der Waals surface area (Å²) in [4.78, 5) is 12.4. The van der Waals surface area contributed by atoms with E-state index in [0.717, 1.165) is 11.3 Å². The molecule has 0 saturated carbocycles. The van der Waals surface area contributed by atoms with Gasteiger partial charge in [-0.25, -0.2) is 8.42 Å². The van der Waals surface area contributed by atoms with Gasteiger partial charge in [0.15, 0.2) is 17.3 Å². The summed E-state index contributed by atoms with van der Waals surface area (Å²) in [6.07, 6.45) is 2.84. The van der Waals surface area contributed by atoms with Gasteiger partial charge in [0.05, 0.1) is 19.1 Å². The number of rotatable bonds is 9. The molecule has 1 aromatic heterocycles. The number of aryl methyl sites for hydroxylation is 1. The summed E-state index contributed by atoms with van der Waals surface area (Å²) in [5.74, 6) is 0.764. The summed E-state index contributed by atoms with van der Waals surface area (Å²) in [7, 11) is -0.745. The van der Waals surface area contributed by atoms with Crippen molar-refractivity contribution in [3.63, 3.8) is 0 Å². The molecule has 0 spiro atoms. The third kappa shape index (κ3) is 5.58. The van der Waals surface area contributed by atoms with Gasteiger partial charge in [0.2, 0.25) is 5.13 Å². The van der Waals surface area contributed by atoms with Gasteiger partial charge in [-0.05, 0) is 49.4 Å². The van der Waals surface area contributed by atoms with Gasteiger partial charge < -0.3 is 14.8 Å². The van der Waals surface area contributed by atoms with E-state index in [2.05, 4.69) is 20.2 Å². The standard InChI is InChI=1S/C20H20N4O5S2/c1-13-22-23-20(30-13)24-31(26,27)16-7-5-15(6-8-16)21-11-10-17(25)14-4-9-18(28-2)19(12-14)29-3/h4-12,21H,1-3H3,(H,23,24)/b11-10-. The fourth-order valence-corrected chi connectivity index (χ4v) is 4.36. The second-order valence-corrected chi connectivity index (χ2v) is 9.03. The van der Waals surface area contributed by atoms with E-state index in [0.29, 0.717) is 27.8 Å². The molecule has 0 unspecified atom stereocenters. The molecule has 3 aromatic rings. The molecular weight excluding hydrogens is 440 g/mol. The monoisotopic (exact) mass is 460 g/mol. The van der Waals surface area contributed by atoms with Gasteiger partial charge in [-0.3, -0.25) is 9.52 Å². The smallest absolute Gasteiger partial charge is 0.263 e. The number of hydrogen-bond donors (Lipinski definition) is 2. The van der Waals surface area contributed by atoms with Crippen LogP contribution in [0.4, 0.5) is 10.8 Å². The predicted molar refractivity (Wildman–Crippen MR) is 119 cm³/mol. The van der Waals surface area contributed by atoms with Crippen LogP contribution in [0.15, 0.2) is 59.6 Å². The molecule has 0 saturated heterocycles. The van der Waals surface area contributed by atoms with E-state index in [1.54, 1.807) is 37.3 Å². The Labute approximate surface area is 183 Å². The SMILES string of the molecule is COc1ccc(C(=O)/C=C\Nc2ccc(S(=O)(=O)Nc3nnc(C)s3)cc2)cc1OC. The Morgan fingerprint density at radius 1 is 1.03 bits per heavy atom. The number of sulfonamides is 1. The highest BCUT2D eigenvalue weighted by molar-refractivity contribution is 7.93. The number of anilines is 2. The number of nitrogens with one attached hydrogen (secondary N) is 2. The number of aromatic nitrogens is 2. The normalized spacial score (nSPS) is 11.3. The molecule has 9 nitrogen and oxygen atoms in total. The summed E-state index contributed by atoms with van der Waals surface area (Å²) in [6.45, 7) is 1.74. The van der Waals surface area contributed by atoms with E-state index in [9.17, 15) is 13.2 Å². The lowest BCUT2D eigenvalue weighted by atomic mass is 10.1. The number of allylic oxidation sites excluding steroid dienone is 1. The topological polar surface area (TPSA) is 120 Å². The summed E-state index contributed by atoms with van der Waals surface area (Å²) < 4.78 is 37.6. The van der Waals surface area contributed by atoms with Crippen LogP contribution in [0, 0.1) is 6.92 Å². The minimum atomic E-state index is -3.76. The predicted octanol–water partition coefficient (Wildman–Crippen LogP) is 3.47. The maximum Gasteiger partial charge on any atom is 0.263 e. The summed E-state index contributed by atoms with van der Waals surface area (Å²) in [5.41, 5.74) is 1.05. The van der Waals surface area contributed by atoms with Crippen LogP contribution in [0.1, 0.15) is 15.4 Å². The Kier molecular flexibility index (Phi) is 6.88. The Bertz CT molecular complexity index is 1200. The quantitative estimate of drug-likeness (QED) is 0.368. The molecule has 2 N–H and O–H groups in total. The zero-order valence-electron chi connectivity index (χ0n) is 16.9. The van der Waals surface area contributed by atoms with E-state index < -0.39 is 10.0 Å². The van der Waals surface area contributed by atoms with Crippen molar-refractivity contribution in [1.82, 2.24) is 10.2 Å². The summed E-state index contributed by atoms with van der Waals surface area (Å²) in [5, 5.41) is 11.3. The molecule has 0 atom stereocenters. The molecule has 0 fully saturated rings. The van der Waals surface area contributed by atoms with Crippen molar-refractivity contribution >= 4 is 38.0 Å². The van der Waals surface area contributed by atoms with Gasteiger partial charge in [-0.2, -0.15) is 0 Å². The zero-order valence-corrected chi connectivity index (χ0v) is 18.6. The van der Waals surface area contributed by atoms with Gasteiger partial charge in [-0.15, -0.1) is 10.2 Å². The van der Waals surface area contributed by atoms with Gasteiger partial charge in [0.25, 0.3) is 10.0 Å². The van der Waals surface area contributed by atoms with E-state index >= 15 is 0 Å². The highest BCUT2D eigenvalue weighted by Crippen LogP contribution is 2.27. The minimum absolute atomic E-state index is 0.0799. The maximum atomic E-state index is 12.4. The molecule has 11 heteroatoms. The molecule has 0 amide bonds. The van der Waals surface area contributed by atoms with E-state index in [4.69, 9.17) is 9.47 Å². The molecule has 162 valence electrons. The largest absolute Gasteiger partial charge is 0.493 e. The number of methoxy groups -OCH3 is 2. The number of carbonyl (C=O) groups is 1. The van der Waals surface area contributed by atoms with Gasteiger partial charge >= 0.3 is 0 Å². The van der Waals surface area contributed by atoms with Crippen LogP contribution < -0.4 is 19.5 Å². The number of benzene rings is 2. The number of nitrogens with zero attached hydrogens (tertiary/aromatic N) is 2. The van der Waals surface area contributed by atoms with Crippen molar-refractivity contribution in [3.8, 4) is 11.5 Å². The van der Waals surface area contributed by atoms with Crippen molar-refractivity contribution in [2.45, 2.75) is 11.8 Å². The zero-order chi connectivity index (χ0) is 22.4. The Balaban J connectivity index is 1.63. The summed E-state index contributed by atoms with van der Waals surface area (Å²) in [6, 6.07) is 11.0. The molecule has 31 heavy (non-hydrogen) atoms. The minimum Gasteiger partial charge on any atom is -0.493 e. The highest BCUT2D eigenvalue weighted by atomic mass is 32.2. The first-order valence-electron chi connectivity index (χ1n) is 8.95. The highest BCUT2D eigenvalue weighted by Gasteiger charge is 2.16. The van der Waals surface area contributed by atoms with Crippen LogP contribution in [0.3, 0.4) is 0 Å². The third-order valence-electron chi connectivity index (χ3n) is 4.07. The fraction of sp³-hybridized carbons (Fsp3) is 0.150. The number of hydrogen-bond acceptors (Lipinski definition) is 9. The van der Waals surface area contributed by atoms with Crippen LogP contribution in [0.25, 0.3) is 0 Å². The van der Waals surface area contributed by atoms with Crippen molar-refractivity contribution in [2.75, 3.05) is 24.3 Å². The van der Waals surface area contributed by atoms with Crippen LogP contribution >= 0.6 is 11.3 Å². The van der Waals surface area contributed by atoms with Crippen LogP contribution in [0.5, 0.6) is 11.5 Å².